The molecule has 24 heavy (non-hydrogen) atoms. The van der Waals surface area contributed by atoms with Crippen LogP contribution in [-0.2, 0) is 11.3 Å². The smallest absolute Gasteiger partial charge is 0.335 e. The number of aromatic hydroxyl groups is 1. The Labute approximate surface area is 147 Å². The summed E-state index contributed by atoms with van der Waals surface area (Å²) in [6.07, 6.45) is 3.34. The fraction of sp³-hybridized carbons (Fsp3) is 0.312. The zero-order valence-electron chi connectivity index (χ0n) is 13.3. The number of fused-ring (bicyclic) bond motifs is 1. The minimum Gasteiger partial charge on any atom is -0.475 e. The predicted octanol–water partition coefficient (Wildman–Crippen LogP) is 2.70. The molecule has 0 aromatic carbocycles. The molecule has 0 fully saturated rings. The van der Waals surface area contributed by atoms with E-state index in [2.05, 4.69) is 4.98 Å². The van der Waals surface area contributed by atoms with E-state index in [0.717, 1.165) is 4.88 Å². The minimum atomic E-state index is -0.275. The van der Waals surface area contributed by atoms with Gasteiger partial charge in [-0.3, -0.25) is 4.79 Å². The summed E-state index contributed by atoms with van der Waals surface area (Å²) in [5.74, 6) is -0.369. The summed E-state index contributed by atoms with van der Waals surface area (Å²) in [5.41, 5.74) is 0.911. The fourth-order valence-corrected chi connectivity index (χ4v) is 3.39. The second-order valence-corrected chi connectivity index (χ2v) is 7.25. The molecule has 8 heteroatoms. The van der Waals surface area contributed by atoms with Gasteiger partial charge in [-0.05, 0) is 19.9 Å². The molecule has 3 heterocycles. The van der Waals surface area contributed by atoms with E-state index in [4.69, 9.17) is 16.3 Å². The van der Waals surface area contributed by atoms with Gasteiger partial charge in [-0.15, -0.1) is 11.3 Å². The highest BCUT2D eigenvalue weighted by molar-refractivity contribution is 7.15. The summed E-state index contributed by atoms with van der Waals surface area (Å²) < 4.78 is 9.15. The first-order valence-electron chi connectivity index (χ1n) is 7.44. The number of ether oxygens (including phenoxy) is 1. The first-order chi connectivity index (χ1) is 11.5. The molecule has 0 saturated carbocycles. The van der Waals surface area contributed by atoms with Crippen LogP contribution in [0.15, 0.2) is 30.6 Å². The molecule has 0 unspecified atom stereocenters. The van der Waals surface area contributed by atoms with Gasteiger partial charge in [0, 0.05) is 12.3 Å². The number of carbonyl (C=O) groups is 1. The van der Waals surface area contributed by atoms with Crippen LogP contribution in [0.3, 0.4) is 0 Å². The summed E-state index contributed by atoms with van der Waals surface area (Å²) in [6.45, 7) is 4.01. The highest BCUT2D eigenvalue weighted by Gasteiger charge is 2.30. The van der Waals surface area contributed by atoms with Gasteiger partial charge in [0.15, 0.2) is 4.47 Å². The van der Waals surface area contributed by atoms with Crippen LogP contribution in [-0.4, -0.2) is 33.0 Å². The maximum Gasteiger partial charge on any atom is 0.335 e. The molecule has 0 bridgehead atoms. The summed E-state index contributed by atoms with van der Waals surface area (Å²) in [7, 11) is 0. The molecule has 3 rings (SSSR count). The molecule has 0 atom stereocenters. The number of Topliss-reactive ketones (excluding diaryl/α,β-unsaturated/α-hetero) is 1. The van der Waals surface area contributed by atoms with Crippen LogP contribution in [0.25, 0.3) is 5.65 Å². The lowest BCUT2D eigenvalue weighted by molar-refractivity contribution is -0.667. The number of hydrogen-bond donors (Lipinski definition) is 1. The largest absolute Gasteiger partial charge is 0.475 e. The van der Waals surface area contributed by atoms with Crippen molar-refractivity contribution in [3.05, 3.63) is 45.6 Å². The Bertz CT molecular complexity index is 888. The van der Waals surface area contributed by atoms with Gasteiger partial charge in [0.25, 0.3) is 11.3 Å². The second-order valence-electron chi connectivity index (χ2n) is 5.55. The molecule has 6 nitrogen and oxygen atoms in total. The van der Waals surface area contributed by atoms with Crippen LogP contribution < -0.4 is 4.57 Å². The Balaban J connectivity index is 2.03. The maximum absolute atomic E-state index is 12.5. The van der Waals surface area contributed by atoms with Crippen molar-refractivity contribution < 1.29 is 19.2 Å². The van der Waals surface area contributed by atoms with E-state index in [0.29, 0.717) is 16.7 Å². The van der Waals surface area contributed by atoms with Crippen LogP contribution in [0.2, 0.25) is 4.47 Å². The van der Waals surface area contributed by atoms with Crippen molar-refractivity contribution in [2.24, 2.45) is 0 Å². The quantitative estimate of drug-likeness (QED) is 0.538. The molecule has 1 N–H and O–H groups in total. The van der Waals surface area contributed by atoms with Gasteiger partial charge < -0.3 is 9.84 Å². The van der Waals surface area contributed by atoms with Gasteiger partial charge in [-0.1, -0.05) is 17.7 Å². The molecule has 126 valence electrons. The van der Waals surface area contributed by atoms with Crippen molar-refractivity contribution in [2.75, 3.05) is 6.61 Å². The number of rotatable bonds is 6. The topological polar surface area (TPSA) is 67.7 Å². The molecule has 0 aliphatic rings. The molecule has 0 radical (unpaired) electrons. The van der Waals surface area contributed by atoms with Gasteiger partial charge in [0.05, 0.1) is 17.2 Å². The van der Waals surface area contributed by atoms with Crippen molar-refractivity contribution in [3.63, 3.8) is 0 Å². The zero-order chi connectivity index (χ0) is 17.3. The summed E-state index contributed by atoms with van der Waals surface area (Å²) in [5, 5.41) is 10.6. The lowest BCUT2D eigenvalue weighted by atomic mass is 10.3. The first kappa shape index (κ1) is 16.9. The maximum atomic E-state index is 12.5. The molecular weight excluding hydrogens is 350 g/mol. The third-order valence-corrected chi connectivity index (χ3v) is 4.57. The molecule has 3 aromatic rings. The van der Waals surface area contributed by atoms with E-state index >= 15 is 0 Å². The van der Waals surface area contributed by atoms with Crippen molar-refractivity contribution in [3.8, 4) is 5.88 Å². The van der Waals surface area contributed by atoms with Crippen LogP contribution in [0, 0.1) is 0 Å². The van der Waals surface area contributed by atoms with Crippen molar-refractivity contribution in [2.45, 2.75) is 26.5 Å². The summed E-state index contributed by atoms with van der Waals surface area (Å²) in [4.78, 5) is 17.4. The monoisotopic (exact) mass is 366 g/mol. The van der Waals surface area contributed by atoms with E-state index in [9.17, 15) is 9.90 Å². The van der Waals surface area contributed by atoms with E-state index in [-0.39, 0.29) is 30.1 Å². The standard InChI is InChI=1S/C16H16ClN3O3S/c1-10(2)23-9-12(21)14-15(22)20(8-11-7-18-16(17)24-11)13-5-3-4-6-19(13)14/h3-7,10H,8-9H2,1-2H3/p+1. The summed E-state index contributed by atoms with van der Waals surface area (Å²) in [6, 6.07) is 5.49. The van der Waals surface area contributed by atoms with E-state index in [1.54, 1.807) is 27.4 Å². The third-order valence-electron chi connectivity index (χ3n) is 3.47. The molecule has 0 amide bonds. The summed E-state index contributed by atoms with van der Waals surface area (Å²) >= 11 is 7.21. The van der Waals surface area contributed by atoms with Crippen LogP contribution in [0.5, 0.6) is 5.88 Å². The zero-order valence-corrected chi connectivity index (χ0v) is 14.8. The lowest BCUT2D eigenvalue weighted by Gasteiger charge is -2.04. The number of ketones is 1. The van der Waals surface area contributed by atoms with Gasteiger partial charge in [-0.2, -0.15) is 8.97 Å². The van der Waals surface area contributed by atoms with Crippen LogP contribution >= 0.6 is 22.9 Å². The number of pyridine rings is 1. The predicted molar refractivity (Wildman–Crippen MR) is 90.9 cm³/mol. The van der Waals surface area contributed by atoms with Gasteiger partial charge in [-0.25, -0.2) is 4.98 Å². The number of carbonyl (C=O) groups excluding carboxylic acids is 1. The van der Waals surface area contributed by atoms with Crippen molar-refractivity contribution in [1.29, 1.82) is 0 Å². The molecule has 0 spiro atoms. The van der Waals surface area contributed by atoms with Crippen molar-refractivity contribution in [1.82, 2.24) is 9.38 Å². The second kappa shape index (κ2) is 6.88. The number of thiazole rings is 1. The number of aromatic nitrogens is 3. The van der Waals surface area contributed by atoms with Gasteiger partial charge in [0.2, 0.25) is 5.78 Å². The van der Waals surface area contributed by atoms with Crippen molar-refractivity contribution >= 4 is 34.4 Å². The average Bonchev–Trinajstić information content (AvgIpc) is 3.07. The van der Waals surface area contributed by atoms with Gasteiger partial charge in [0.1, 0.15) is 13.2 Å². The van der Waals surface area contributed by atoms with Crippen LogP contribution in [0.1, 0.15) is 29.2 Å². The van der Waals surface area contributed by atoms with E-state index in [1.807, 2.05) is 26.0 Å². The highest BCUT2D eigenvalue weighted by atomic mass is 35.5. The van der Waals surface area contributed by atoms with E-state index < -0.39 is 0 Å². The number of nitrogens with zero attached hydrogens (tertiary/aromatic N) is 3. The Morgan fingerprint density at radius 1 is 1.50 bits per heavy atom. The Hall–Kier alpha value is -1.96. The molecular formula is C16H17ClN3O3S+. The Morgan fingerprint density at radius 2 is 2.29 bits per heavy atom. The fourth-order valence-electron chi connectivity index (χ4n) is 2.43. The highest BCUT2D eigenvalue weighted by Crippen LogP contribution is 2.22. The molecule has 3 aromatic heterocycles. The average molecular weight is 367 g/mol. The number of halogens is 1. The van der Waals surface area contributed by atoms with E-state index in [1.165, 1.54) is 11.3 Å². The third kappa shape index (κ3) is 3.28. The van der Waals surface area contributed by atoms with Gasteiger partial charge >= 0.3 is 5.88 Å². The first-order valence-corrected chi connectivity index (χ1v) is 8.63. The normalized spacial score (nSPS) is 11.5. The minimum absolute atomic E-state index is 0.0613. The molecule has 0 aliphatic carbocycles. The SMILES string of the molecule is CC(C)OCC(=O)c1c(O)[n+](Cc2cnc(Cl)s2)c2ccccn12. The molecule has 0 aliphatic heterocycles. The Kier molecular flexibility index (Phi) is 4.84. The lowest BCUT2D eigenvalue weighted by Crippen LogP contribution is -2.33. The Morgan fingerprint density at radius 3 is 2.96 bits per heavy atom. The van der Waals surface area contributed by atoms with Crippen LogP contribution in [0.4, 0.5) is 0 Å². The molecule has 0 saturated heterocycles. The number of hydrogen-bond acceptors (Lipinski definition) is 5. The number of imidazole rings is 1.